The number of piperidine rings is 1. The maximum Gasteiger partial charge on any atom is 0.222 e. The molecule has 0 unspecified atom stereocenters. The second-order valence-electron chi connectivity index (χ2n) is 5.61. The number of hydrogen-bond acceptors (Lipinski definition) is 2. The Morgan fingerprint density at radius 3 is 2.60 bits per heavy atom. The van der Waals surface area contributed by atoms with Crippen LogP contribution in [0.2, 0.25) is 0 Å². The summed E-state index contributed by atoms with van der Waals surface area (Å²) in [5, 5.41) is 3.36. The molecule has 2 rings (SSSR count). The zero-order chi connectivity index (χ0) is 14.4. The third-order valence-corrected chi connectivity index (χ3v) is 4.51. The molecule has 0 aliphatic carbocycles. The lowest BCUT2D eigenvalue weighted by Gasteiger charge is -2.23. The summed E-state index contributed by atoms with van der Waals surface area (Å²) in [5.41, 5.74) is 1.17. The van der Waals surface area contributed by atoms with Crippen LogP contribution >= 0.6 is 15.9 Å². The minimum atomic E-state index is 0.256. The molecule has 20 heavy (non-hydrogen) atoms. The summed E-state index contributed by atoms with van der Waals surface area (Å²) in [5.74, 6) is 0.979. The number of carbonyl (C=O) groups is 1. The van der Waals surface area contributed by atoms with Crippen LogP contribution in [0.1, 0.15) is 31.2 Å². The summed E-state index contributed by atoms with van der Waals surface area (Å²) in [6.45, 7) is 2.90. The molecule has 3 nitrogen and oxygen atoms in total. The molecule has 1 aromatic rings. The van der Waals surface area contributed by atoms with Crippen LogP contribution in [0.25, 0.3) is 0 Å². The van der Waals surface area contributed by atoms with Crippen molar-refractivity contribution >= 4 is 21.8 Å². The van der Waals surface area contributed by atoms with E-state index in [1.807, 2.05) is 24.1 Å². The minimum Gasteiger partial charge on any atom is -0.341 e. The molecule has 1 N–H and O–H groups in total. The van der Waals surface area contributed by atoms with Crippen molar-refractivity contribution in [3.8, 4) is 0 Å². The van der Waals surface area contributed by atoms with Gasteiger partial charge in [0.05, 0.1) is 0 Å². The zero-order valence-electron chi connectivity index (χ0n) is 12.1. The van der Waals surface area contributed by atoms with E-state index in [0.717, 1.165) is 29.9 Å². The van der Waals surface area contributed by atoms with Crippen molar-refractivity contribution in [3.63, 3.8) is 0 Å². The number of rotatable bonds is 5. The molecule has 0 spiro atoms. The molecule has 1 aromatic carbocycles. The fraction of sp³-hybridized carbons (Fsp3) is 0.562. The van der Waals surface area contributed by atoms with E-state index in [-0.39, 0.29) is 5.91 Å². The van der Waals surface area contributed by atoms with Gasteiger partial charge in [-0.05, 0) is 56.0 Å². The maximum absolute atomic E-state index is 12.2. The molecule has 0 radical (unpaired) electrons. The van der Waals surface area contributed by atoms with Crippen LogP contribution in [-0.2, 0) is 11.3 Å². The first-order valence-corrected chi connectivity index (χ1v) is 8.13. The number of halogens is 1. The molecule has 1 saturated heterocycles. The molecular weight excluding hydrogens is 316 g/mol. The largest absolute Gasteiger partial charge is 0.341 e. The lowest BCUT2D eigenvalue weighted by atomic mass is 9.93. The Balaban J connectivity index is 1.75. The van der Waals surface area contributed by atoms with E-state index in [2.05, 4.69) is 33.4 Å². The second-order valence-corrected chi connectivity index (χ2v) is 6.52. The number of nitrogens with zero attached hydrogens (tertiary/aromatic N) is 1. The van der Waals surface area contributed by atoms with Gasteiger partial charge in [-0.2, -0.15) is 0 Å². The van der Waals surface area contributed by atoms with E-state index >= 15 is 0 Å². The summed E-state index contributed by atoms with van der Waals surface area (Å²) < 4.78 is 1.07. The number of amides is 1. The van der Waals surface area contributed by atoms with Gasteiger partial charge in [-0.1, -0.05) is 28.1 Å². The van der Waals surface area contributed by atoms with Gasteiger partial charge in [0.1, 0.15) is 0 Å². The second kappa shape index (κ2) is 7.79. The highest BCUT2D eigenvalue weighted by molar-refractivity contribution is 9.10. The van der Waals surface area contributed by atoms with Crippen LogP contribution < -0.4 is 5.32 Å². The van der Waals surface area contributed by atoms with Gasteiger partial charge >= 0.3 is 0 Å². The predicted octanol–water partition coefficient (Wildman–Crippen LogP) is 3.19. The molecular formula is C16H23BrN2O. The third kappa shape index (κ3) is 4.91. The van der Waals surface area contributed by atoms with E-state index in [1.165, 1.54) is 18.4 Å². The van der Waals surface area contributed by atoms with Crippen molar-refractivity contribution in [2.75, 3.05) is 20.1 Å². The van der Waals surface area contributed by atoms with Gasteiger partial charge in [0.2, 0.25) is 5.91 Å². The lowest BCUT2D eigenvalue weighted by Crippen LogP contribution is -2.30. The highest BCUT2D eigenvalue weighted by atomic mass is 79.9. The normalized spacial score (nSPS) is 16.1. The standard InChI is InChI=1S/C16H23BrN2O/c1-19(12-14-2-5-15(17)6-3-14)16(20)7-4-13-8-10-18-11-9-13/h2-3,5-6,13,18H,4,7-12H2,1H3. The van der Waals surface area contributed by atoms with Crippen LogP contribution in [0.15, 0.2) is 28.7 Å². The lowest BCUT2D eigenvalue weighted by molar-refractivity contribution is -0.130. The van der Waals surface area contributed by atoms with Crippen molar-refractivity contribution in [1.29, 1.82) is 0 Å². The average molecular weight is 339 g/mol. The molecule has 1 heterocycles. The topological polar surface area (TPSA) is 32.3 Å². The fourth-order valence-electron chi connectivity index (χ4n) is 2.64. The first-order valence-electron chi connectivity index (χ1n) is 7.34. The first-order chi connectivity index (χ1) is 9.65. The maximum atomic E-state index is 12.2. The Morgan fingerprint density at radius 2 is 1.95 bits per heavy atom. The average Bonchev–Trinajstić information content (AvgIpc) is 2.48. The highest BCUT2D eigenvalue weighted by Gasteiger charge is 2.16. The molecule has 1 amide bonds. The third-order valence-electron chi connectivity index (χ3n) is 3.98. The van der Waals surface area contributed by atoms with Crippen LogP contribution in [-0.4, -0.2) is 30.9 Å². The van der Waals surface area contributed by atoms with E-state index < -0.39 is 0 Å². The number of nitrogens with one attached hydrogen (secondary N) is 1. The van der Waals surface area contributed by atoms with Crippen molar-refractivity contribution in [1.82, 2.24) is 10.2 Å². The molecule has 0 atom stereocenters. The van der Waals surface area contributed by atoms with E-state index in [0.29, 0.717) is 13.0 Å². The van der Waals surface area contributed by atoms with Crippen LogP contribution in [0, 0.1) is 5.92 Å². The Kier molecular flexibility index (Phi) is 6.05. The Bertz CT molecular complexity index is 427. The first kappa shape index (κ1) is 15.5. The smallest absolute Gasteiger partial charge is 0.222 e. The minimum absolute atomic E-state index is 0.256. The van der Waals surface area contributed by atoms with E-state index in [1.54, 1.807) is 0 Å². The molecule has 0 bridgehead atoms. The number of benzene rings is 1. The van der Waals surface area contributed by atoms with Crippen LogP contribution in [0.3, 0.4) is 0 Å². The van der Waals surface area contributed by atoms with Gasteiger partial charge in [0.25, 0.3) is 0 Å². The molecule has 1 aliphatic rings. The van der Waals surface area contributed by atoms with Crippen molar-refractivity contribution in [3.05, 3.63) is 34.3 Å². The van der Waals surface area contributed by atoms with E-state index in [9.17, 15) is 4.79 Å². The molecule has 1 fully saturated rings. The summed E-state index contributed by atoms with van der Waals surface area (Å²) in [7, 11) is 1.90. The van der Waals surface area contributed by atoms with Crippen LogP contribution in [0.5, 0.6) is 0 Å². The molecule has 1 aliphatic heterocycles. The Hall–Kier alpha value is -0.870. The number of carbonyl (C=O) groups excluding carboxylic acids is 1. The molecule has 110 valence electrons. The monoisotopic (exact) mass is 338 g/mol. The SMILES string of the molecule is CN(Cc1ccc(Br)cc1)C(=O)CCC1CCNCC1. The van der Waals surface area contributed by atoms with Crippen molar-refractivity contribution in [2.45, 2.75) is 32.2 Å². The van der Waals surface area contributed by atoms with Crippen LogP contribution in [0.4, 0.5) is 0 Å². The fourth-order valence-corrected chi connectivity index (χ4v) is 2.91. The van der Waals surface area contributed by atoms with Gasteiger partial charge in [-0.25, -0.2) is 0 Å². The summed E-state index contributed by atoms with van der Waals surface area (Å²) >= 11 is 3.42. The zero-order valence-corrected chi connectivity index (χ0v) is 13.7. The van der Waals surface area contributed by atoms with Gasteiger partial charge in [0, 0.05) is 24.5 Å². The summed E-state index contributed by atoms with van der Waals surface area (Å²) in [4.78, 5) is 14.0. The van der Waals surface area contributed by atoms with Crippen molar-refractivity contribution in [2.24, 2.45) is 5.92 Å². The summed E-state index contributed by atoms with van der Waals surface area (Å²) in [6, 6.07) is 8.15. The Labute approximate surface area is 129 Å². The van der Waals surface area contributed by atoms with E-state index in [4.69, 9.17) is 0 Å². The van der Waals surface area contributed by atoms with Gasteiger partial charge in [-0.15, -0.1) is 0 Å². The number of hydrogen-bond donors (Lipinski definition) is 1. The molecule has 0 saturated carbocycles. The van der Waals surface area contributed by atoms with Gasteiger partial charge in [0.15, 0.2) is 0 Å². The van der Waals surface area contributed by atoms with Gasteiger partial charge < -0.3 is 10.2 Å². The van der Waals surface area contributed by atoms with Crippen molar-refractivity contribution < 1.29 is 4.79 Å². The molecule has 0 aromatic heterocycles. The van der Waals surface area contributed by atoms with Gasteiger partial charge in [-0.3, -0.25) is 4.79 Å². The Morgan fingerprint density at radius 1 is 1.30 bits per heavy atom. The quantitative estimate of drug-likeness (QED) is 0.894. The molecule has 4 heteroatoms. The predicted molar refractivity (Wildman–Crippen MR) is 85.4 cm³/mol. The highest BCUT2D eigenvalue weighted by Crippen LogP contribution is 2.18. The summed E-state index contributed by atoms with van der Waals surface area (Å²) in [6.07, 6.45) is 4.14.